The lowest BCUT2D eigenvalue weighted by molar-refractivity contribution is 0.179. The average molecular weight is 314 g/mol. The Balaban J connectivity index is 2.54. The lowest BCUT2D eigenvalue weighted by Crippen LogP contribution is -2.50. The minimum absolute atomic E-state index is 0.205. The summed E-state index contributed by atoms with van der Waals surface area (Å²) < 4.78 is 0. The molecular weight excluding hydrogens is 286 g/mol. The SMILES string of the molecule is CNCC(O)c1ccccc1[SiH](c1ccccc1)C(C)(C)C. The average Bonchev–Trinajstić information content (AvgIpc) is 2.48. The maximum atomic E-state index is 10.5. The molecule has 0 fully saturated rings. The summed E-state index contributed by atoms with van der Waals surface area (Å²) in [6.07, 6.45) is -0.456. The third kappa shape index (κ3) is 3.86. The Morgan fingerprint density at radius 3 is 2.18 bits per heavy atom. The molecule has 2 aromatic carbocycles. The lowest BCUT2D eigenvalue weighted by atomic mass is 10.1. The Hall–Kier alpha value is -1.42. The Labute approximate surface area is 135 Å². The molecule has 0 radical (unpaired) electrons. The smallest absolute Gasteiger partial charge is 0.108 e. The lowest BCUT2D eigenvalue weighted by Gasteiger charge is -2.32. The van der Waals surface area contributed by atoms with Crippen LogP contribution in [-0.4, -0.2) is 27.5 Å². The molecule has 0 aromatic heterocycles. The van der Waals surface area contributed by atoms with Gasteiger partial charge in [-0.25, -0.2) is 0 Å². The molecule has 118 valence electrons. The highest BCUT2D eigenvalue weighted by Crippen LogP contribution is 2.28. The van der Waals surface area contributed by atoms with E-state index >= 15 is 0 Å². The van der Waals surface area contributed by atoms with Crippen LogP contribution >= 0.6 is 0 Å². The van der Waals surface area contributed by atoms with Crippen molar-refractivity contribution in [3.05, 3.63) is 60.2 Å². The molecule has 2 aromatic rings. The van der Waals surface area contributed by atoms with E-state index in [1.54, 1.807) is 0 Å². The third-order valence-electron chi connectivity index (χ3n) is 4.06. The highest BCUT2D eigenvalue weighted by molar-refractivity contribution is 6.87. The fourth-order valence-corrected chi connectivity index (χ4v) is 7.00. The van der Waals surface area contributed by atoms with Crippen LogP contribution in [0.15, 0.2) is 54.6 Å². The first-order valence-corrected chi connectivity index (χ1v) is 9.64. The molecule has 2 N–H and O–H groups in total. The minimum Gasteiger partial charge on any atom is -0.387 e. The monoisotopic (exact) mass is 313 g/mol. The van der Waals surface area contributed by atoms with Gasteiger partial charge in [0, 0.05) is 6.54 Å². The molecule has 2 unspecified atom stereocenters. The molecule has 0 aliphatic heterocycles. The number of aliphatic hydroxyl groups is 1. The summed E-state index contributed by atoms with van der Waals surface area (Å²) in [6, 6.07) is 19.2. The van der Waals surface area contributed by atoms with Crippen molar-refractivity contribution in [3.63, 3.8) is 0 Å². The van der Waals surface area contributed by atoms with E-state index in [1.807, 2.05) is 13.1 Å². The summed E-state index contributed by atoms with van der Waals surface area (Å²) in [5.74, 6) is 0. The van der Waals surface area contributed by atoms with Crippen molar-refractivity contribution in [1.29, 1.82) is 0 Å². The van der Waals surface area contributed by atoms with Gasteiger partial charge in [-0.1, -0.05) is 85.7 Å². The van der Waals surface area contributed by atoms with Crippen molar-refractivity contribution in [3.8, 4) is 0 Å². The summed E-state index contributed by atoms with van der Waals surface area (Å²) >= 11 is 0. The molecule has 0 saturated heterocycles. The standard InChI is InChI=1S/C19H27NOSi/c1-19(2,3)22(15-10-6-5-7-11-15)18-13-9-8-12-16(18)17(21)14-20-4/h5-13,17,20-22H,14H2,1-4H3. The van der Waals surface area contributed by atoms with Gasteiger partial charge in [-0.2, -0.15) is 0 Å². The number of likely N-dealkylation sites (N-methyl/N-ethyl adjacent to an activating group) is 1. The summed E-state index contributed by atoms with van der Waals surface area (Å²) in [5.41, 5.74) is 1.08. The predicted molar refractivity (Wildman–Crippen MR) is 97.9 cm³/mol. The van der Waals surface area contributed by atoms with E-state index in [9.17, 15) is 5.11 Å². The molecule has 22 heavy (non-hydrogen) atoms. The maximum Gasteiger partial charge on any atom is 0.108 e. The second-order valence-corrected chi connectivity index (χ2v) is 10.8. The van der Waals surface area contributed by atoms with E-state index in [4.69, 9.17) is 0 Å². The maximum absolute atomic E-state index is 10.5. The number of aliphatic hydroxyl groups excluding tert-OH is 1. The van der Waals surface area contributed by atoms with Gasteiger partial charge >= 0.3 is 0 Å². The van der Waals surface area contributed by atoms with Gasteiger partial charge in [-0.15, -0.1) is 0 Å². The molecule has 0 spiro atoms. The summed E-state index contributed by atoms with van der Waals surface area (Å²) in [5, 5.41) is 16.6. The van der Waals surface area contributed by atoms with Crippen molar-refractivity contribution >= 4 is 19.2 Å². The first-order valence-electron chi connectivity index (χ1n) is 7.91. The van der Waals surface area contributed by atoms with Gasteiger partial charge in [0.2, 0.25) is 0 Å². The van der Waals surface area contributed by atoms with E-state index in [0.29, 0.717) is 6.54 Å². The van der Waals surface area contributed by atoms with Gasteiger partial charge < -0.3 is 10.4 Å². The second-order valence-electron chi connectivity index (χ2n) is 6.91. The topological polar surface area (TPSA) is 32.3 Å². The van der Waals surface area contributed by atoms with Crippen molar-refractivity contribution in [2.24, 2.45) is 0 Å². The van der Waals surface area contributed by atoms with Gasteiger partial charge in [0.15, 0.2) is 0 Å². The number of nitrogens with one attached hydrogen (secondary N) is 1. The Morgan fingerprint density at radius 1 is 1.00 bits per heavy atom. The highest BCUT2D eigenvalue weighted by atomic mass is 28.3. The molecule has 0 saturated carbocycles. The van der Waals surface area contributed by atoms with E-state index in [2.05, 4.69) is 74.6 Å². The van der Waals surface area contributed by atoms with Crippen LogP contribution in [0.4, 0.5) is 0 Å². The summed E-state index contributed by atoms with van der Waals surface area (Å²) in [7, 11) is 0.430. The largest absolute Gasteiger partial charge is 0.387 e. The van der Waals surface area contributed by atoms with Crippen LogP contribution in [0.2, 0.25) is 5.04 Å². The van der Waals surface area contributed by atoms with E-state index in [0.717, 1.165) is 5.56 Å². The van der Waals surface area contributed by atoms with Crippen LogP contribution in [0, 0.1) is 0 Å². The molecule has 2 nitrogen and oxygen atoms in total. The Kier molecular flexibility index (Phi) is 5.56. The molecule has 0 aliphatic rings. The third-order valence-corrected chi connectivity index (χ3v) is 7.99. The Bertz CT molecular complexity index is 592. The van der Waals surface area contributed by atoms with Crippen LogP contribution in [-0.2, 0) is 0 Å². The zero-order chi connectivity index (χ0) is 16.2. The minimum atomic E-state index is -1.45. The number of rotatable bonds is 5. The second kappa shape index (κ2) is 7.23. The molecule has 0 bridgehead atoms. The predicted octanol–water partition coefficient (Wildman–Crippen LogP) is 2.08. The number of benzene rings is 2. The van der Waals surface area contributed by atoms with Crippen LogP contribution in [0.3, 0.4) is 0 Å². The van der Waals surface area contributed by atoms with Crippen LogP contribution < -0.4 is 15.7 Å². The van der Waals surface area contributed by atoms with Gasteiger partial charge in [0.25, 0.3) is 0 Å². The van der Waals surface area contributed by atoms with Crippen molar-refractivity contribution in [2.45, 2.75) is 31.9 Å². The number of hydrogen-bond donors (Lipinski definition) is 2. The molecule has 3 heteroatoms. The number of hydrogen-bond acceptors (Lipinski definition) is 2. The van der Waals surface area contributed by atoms with E-state index < -0.39 is 14.9 Å². The molecule has 0 aliphatic carbocycles. The Morgan fingerprint density at radius 2 is 1.59 bits per heavy atom. The van der Waals surface area contributed by atoms with Crippen LogP contribution in [0.25, 0.3) is 0 Å². The fourth-order valence-electron chi connectivity index (χ4n) is 3.17. The van der Waals surface area contributed by atoms with Crippen LogP contribution in [0.5, 0.6) is 0 Å². The van der Waals surface area contributed by atoms with Crippen molar-refractivity contribution in [1.82, 2.24) is 5.32 Å². The van der Waals surface area contributed by atoms with Crippen molar-refractivity contribution in [2.75, 3.05) is 13.6 Å². The van der Waals surface area contributed by atoms with Gasteiger partial charge in [0.1, 0.15) is 8.80 Å². The molecule has 0 amide bonds. The molecule has 2 atom stereocenters. The van der Waals surface area contributed by atoms with Crippen LogP contribution in [0.1, 0.15) is 32.4 Å². The summed E-state index contributed by atoms with van der Waals surface area (Å²) in [4.78, 5) is 0. The normalized spacial score (nSPS) is 14.6. The molecular formula is C19H27NOSi. The zero-order valence-electron chi connectivity index (χ0n) is 14.0. The van der Waals surface area contributed by atoms with Crippen molar-refractivity contribution < 1.29 is 5.11 Å². The fraction of sp³-hybridized carbons (Fsp3) is 0.368. The van der Waals surface area contributed by atoms with Gasteiger partial charge in [-0.3, -0.25) is 0 Å². The van der Waals surface area contributed by atoms with E-state index in [1.165, 1.54) is 10.4 Å². The summed E-state index contributed by atoms with van der Waals surface area (Å²) in [6.45, 7) is 7.53. The first kappa shape index (κ1) is 16.9. The molecule has 2 rings (SSSR count). The first-order chi connectivity index (χ1) is 10.4. The van der Waals surface area contributed by atoms with Gasteiger partial charge in [0.05, 0.1) is 6.10 Å². The van der Waals surface area contributed by atoms with E-state index in [-0.39, 0.29) is 5.04 Å². The van der Waals surface area contributed by atoms with Gasteiger partial charge in [-0.05, 0) is 17.6 Å². The zero-order valence-corrected chi connectivity index (χ0v) is 15.2. The molecule has 0 heterocycles. The quantitative estimate of drug-likeness (QED) is 0.829. The highest BCUT2D eigenvalue weighted by Gasteiger charge is 2.32.